The van der Waals surface area contributed by atoms with Crippen LogP contribution in [0.5, 0.6) is 0 Å². The molecule has 1 N–H and O–H groups in total. The fourth-order valence-corrected chi connectivity index (χ4v) is 1.65. The number of ketones is 1. The van der Waals surface area contributed by atoms with E-state index < -0.39 is 5.60 Å². The highest BCUT2D eigenvalue weighted by Crippen LogP contribution is 2.22. The van der Waals surface area contributed by atoms with Gasteiger partial charge in [0.25, 0.3) is 0 Å². The third kappa shape index (κ3) is 2.78. The number of hydrogen-bond acceptors (Lipinski definition) is 3. The van der Waals surface area contributed by atoms with Gasteiger partial charge in [0, 0.05) is 13.1 Å². The highest BCUT2D eigenvalue weighted by atomic mass is 16.3. The molecule has 0 aromatic carbocycles. The highest BCUT2D eigenvalue weighted by Gasteiger charge is 2.30. The van der Waals surface area contributed by atoms with E-state index in [1.54, 1.807) is 6.92 Å². The summed E-state index contributed by atoms with van der Waals surface area (Å²) in [7, 11) is 0. The zero-order chi connectivity index (χ0) is 10.1. The fourth-order valence-electron chi connectivity index (χ4n) is 1.65. The number of carbonyl (C=O) groups excluding carboxylic acids is 1. The van der Waals surface area contributed by atoms with Gasteiger partial charge in [-0.2, -0.15) is 0 Å². The summed E-state index contributed by atoms with van der Waals surface area (Å²) < 4.78 is 0. The molecule has 1 atom stereocenters. The number of hydrogen-bond donors (Lipinski definition) is 1. The zero-order valence-electron chi connectivity index (χ0n) is 8.71. The van der Waals surface area contributed by atoms with E-state index in [2.05, 4.69) is 4.90 Å². The lowest BCUT2D eigenvalue weighted by Crippen LogP contribution is -2.48. The Morgan fingerprint density at radius 1 is 1.46 bits per heavy atom. The molecule has 1 fully saturated rings. The minimum absolute atomic E-state index is 0.0103. The molecule has 1 rings (SSSR count). The topological polar surface area (TPSA) is 40.5 Å². The van der Waals surface area contributed by atoms with Crippen molar-refractivity contribution in [3.05, 3.63) is 0 Å². The Hall–Kier alpha value is -0.410. The van der Waals surface area contributed by atoms with Crippen LogP contribution in [0, 0.1) is 0 Å². The summed E-state index contributed by atoms with van der Waals surface area (Å²) in [5, 5.41) is 9.70. The second-order valence-corrected chi connectivity index (χ2v) is 4.32. The maximum absolute atomic E-state index is 11.1. The maximum Gasteiger partial charge on any atom is 0.146 e. The number of nitrogens with zero attached hydrogens (tertiary/aromatic N) is 1. The predicted molar refractivity (Wildman–Crippen MR) is 51.6 cm³/mol. The largest absolute Gasteiger partial charge is 0.390 e. The summed E-state index contributed by atoms with van der Waals surface area (Å²) >= 11 is 0. The van der Waals surface area contributed by atoms with Crippen molar-refractivity contribution in [2.75, 3.05) is 13.1 Å². The Morgan fingerprint density at radius 3 is 2.31 bits per heavy atom. The van der Waals surface area contributed by atoms with E-state index in [9.17, 15) is 9.90 Å². The van der Waals surface area contributed by atoms with Crippen molar-refractivity contribution in [1.82, 2.24) is 4.90 Å². The van der Waals surface area contributed by atoms with Gasteiger partial charge in [-0.3, -0.25) is 9.69 Å². The third-order valence-corrected chi connectivity index (χ3v) is 3.01. The van der Waals surface area contributed by atoms with E-state index in [1.165, 1.54) is 0 Å². The van der Waals surface area contributed by atoms with Gasteiger partial charge in [-0.25, -0.2) is 0 Å². The van der Waals surface area contributed by atoms with Crippen molar-refractivity contribution in [3.8, 4) is 0 Å². The Bertz CT molecular complexity index is 191. The molecule has 0 aliphatic carbocycles. The Kier molecular flexibility index (Phi) is 3.09. The molecule has 0 bridgehead atoms. The minimum atomic E-state index is -0.521. The Morgan fingerprint density at radius 2 is 1.92 bits per heavy atom. The molecule has 1 heterocycles. The lowest BCUT2D eigenvalue weighted by molar-refractivity contribution is -0.123. The van der Waals surface area contributed by atoms with Crippen LogP contribution in [-0.2, 0) is 4.79 Å². The molecule has 3 heteroatoms. The first-order valence-electron chi connectivity index (χ1n) is 4.89. The van der Waals surface area contributed by atoms with Crippen LogP contribution >= 0.6 is 0 Å². The molecule has 3 nitrogen and oxygen atoms in total. The van der Waals surface area contributed by atoms with Crippen LogP contribution in [0.4, 0.5) is 0 Å². The second-order valence-electron chi connectivity index (χ2n) is 4.32. The first-order chi connectivity index (χ1) is 5.92. The zero-order valence-corrected chi connectivity index (χ0v) is 8.71. The van der Waals surface area contributed by atoms with E-state index in [0.717, 1.165) is 25.9 Å². The normalized spacial score (nSPS) is 25.5. The van der Waals surface area contributed by atoms with E-state index >= 15 is 0 Å². The quantitative estimate of drug-likeness (QED) is 0.692. The number of Topliss-reactive ketones (excluding diaryl/α,β-unsaturated/α-hetero) is 1. The van der Waals surface area contributed by atoms with Crippen LogP contribution in [0.3, 0.4) is 0 Å². The standard InChI is InChI=1S/C10H19NO2/c1-8(9(2)12)11-6-4-10(3,13)5-7-11/h8,13H,4-7H2,1-3H3. The van der Waals surface area contributed by atoms with Crippen molar-refractivity contribution in [2.45, 2.75) is 45.3 Å². The molecular formula is C10H19NO2. The number of piperidine rings is 1. The first-order valence-corrected chi connectivity index (χ1v) is 4.89. The maximum atomic E-state index is 11.1. The molecule has 76 valence electrons. The predicted octanol–water partition coefficient (Wildman–Crippen LogP) is 0.811. The van der Waals surface area contributed by atoms with Crippen LogP contribution in [0.25, 0.3) is 0 Å². The number of rotatable bonds is 2. The van der Waals surface area contributed by atoms with Gasteiger partial charge in [-0.15, -0.1) is 0 Å². The first kappa shape index (κ1) is 10.7. The fraction of sp³-hybridized carbons (Fsp3) is 0.900. The van der Waals surface area contributed by atoms with Crippen LogP contribution < -0.4 is 0 Å². The highest BCUT2D eigenvalue weighted by molar-refractivity contribution is 5.80. The van der Waals surface area contributed by atoms with Crippen LogP contribution in [-0.4, -0.2) is 40.5 Å². The molecule has 0 aromatic heterocycles. The molecule has 0 spiro atoms. The molecule has 1 aliphatic heterocycles. The molecule has 1 aliphatic rings. The smallest absolute Gasteiger partial charge is 0.146 e. The third-order valence-electron chi connectivity index (χ3n) is 3.01. The van der Waals surface area contributed by atoms with Crippen molar-refractivity contribution < 1.29 is 9.90 Å². The summed E-state index contributed by atoms with van der Waals surface area (Å²) in [6.07, 6.45) is 1.54. The van der Waals surface area contributed by atoms with Crippen LogP contribution in [0.1, 0.15) is 33.6 Å². The van der Waals surface area contributed by atoms with E-state index in [4.69, 9.17) is 0 Å². The van der Waals surface area contributed by atoms with Crippen molar-refractivity contribution in [1.29, 1.82) is 0 Å². The average Bonchev–Trinajstić information content (AvgIpc) is 2.03. The van der Waals surface area contributed by atoms with Gasteiger partial charge >= 0.3 is 0 Å². The van der Waals surface area contributed by atoms with Crippen molar-refractivity contribution >= 4 is 5.78 Å². The van der Waals surface area contributed by atoms with Crippen LogP contribution in [0.2, 0.25) is 0 Å². The molecule has 0 aromatic rings. The van der Waals surface area contributed by atoms with Gasteiger partial charge in [0.2, 0.25) is 0 Å². The molecule has 0 amide bonds. The number of carbonyl (C=O) groups is 1. The van der Waals surface area contributed by atoms with Gasteiger partial charge in [-0.1, -0.05) is 0 Å². The molecule has 0 saturated carbocycles. The summed E-state index contributed by atoms with van der Waals surface area (Å²) in [5.74, 6) is 0.210. The Labute approximate surface area is 79.7 Å². The summed E-state index contributed by atoms with van der Waals surface area (Å²) in [6.45, 7) is 7.07. The SMILES string of the molecule is CC(=O)C(C)N1CCC(C)(O)CC1. The molecular weight excluding hydrogens is 166 g/mol. The van der Waals surface area contributed by atoms with Crippen LogP contribution in [0.15, 0.2) is 0 Å². The minimum Gasteiger partial charge on any atom is -0.390 e. The summed E-state index contributed by atoms with van der Waals surface area (Å²) in [6, 6.07) is 0.0103. The monoisotopic (exact) mass is 185 g/mol. The second kappa shape index (κ2) is 3.76. The van der Waals surface area contributed by atoms with E-state index in [0.29, 0.717) is 0 Å². The lowest BCUT2D eigenvalue weighted by atomic mass is 9.93. The van der Waals surface area contributed by atoms with E-state index in [1.807, 2.05) is 13.8 Å². The summed E-state index contributed by atoms with van der Waals surface area (Å²) in [4.78, 5) is 13.2. The lowest BCUT2D eigenvalue weighted by Gasteiger charge is -2.38. The number of aliphatic hydroxyl groups is 1. The van der Waals surface area contributed by atoms with Gasteiger partial charge < -0.3 is 5.11 Å². The van der Waals surface area contributed by atoms with Gasteiger partial charge in [0.1, 0.15) is 5.78 Å². The molecule has 1 saturated heterocycles. The number of likely N-dealkylation sites (tertiary alicyclic amines) is 1. The van der Waals surface area contributed by atoms with Gasteiger partial charge in [0.05, 0.1) is 11.6 Å². The molecule has 13 heavy (non-hydrogen) atoms. The van der Waals surface area contributed by atoms with Crippen molar-refractivity contribution in [3.63, 3.8) is 0 Å². The van der Waals surface area contributed by atoms with E-state index in [-0.39, 0.29) is 11.8 Å². The van der Waals surface area contributed by atoms with Crippen molar-refractivity contribution in [2.24, 2.45) is 0 Å². The summed E-state index contributed by atoms with van der Waals surface area (Å²) in [5.41, 5.74) is -0.521. The Balaban J connectivity index is 2.45. The van der Waals surface area contributed by atoms with Gasteiger partial charge in [0.15, 0.2) is 0 Å². The molecule has 0 radical (unpaired) electrons. The van der Waals surface area contributed by atoms with Gasteiger partial charge in [-0.05, 0) is 33.6 Å². The average molecular weight is 185 g/mol. The molecule has 1 unspecified atom stereocenters.